The van der Waals surface area contributed by atoms with Crippen molar-refractivity contribution in [3.8, 4) is 0 Å². The van der Waals surface area contributed by atoms with Gasteiger partial charge in [-0.25, -0.2) is 0 Å². The number of H-pyrrole nitrogens is 1. The van der Waals surface area contributed by atoms with Crippen molar-refractivity contribution >= 4 is 5.91 Å². The molecular formula is C14H18N4O. The third-order valence-electron chi connectivity index (χ3n) is 3.63. The van der Waals surface area contributed by atoms with Gasteiger partial charge in [0.05, 0.1) is 18.8 Å². The smallest absolute Gasteiger partial charge is 0.270 e. The third-order valence-corrected chi connectivity index (χ3v) is 3.63. The average molecular weight is 258 g/mol. The summed E-state index contributed by atoms with van der Waals surface area (Å²) in [6, 6.07) is 3.93. The van der Waals surface area contributed by atoms with E-state index in [2.05, 4.69) is 10.1 Å². The van der Waals surface area contributed by atoms with Gasteiger partial charge in [-0.3, -0.25) is 9.48 Å². The first-order valence-corrected chi connectivity index (χ1v) is 6.67. The van der Waals surface area contributed by atoms with Gasteiger partial charge in [-0.1, -0.05) is 0 Å². The molecule has 2 aromatic heterocycles. The predicted octanol–water partition coefficient (Wildman–Crippen LogP) is 1.82. The van der Waals surface area contributed by atoms with Crippen molar-refractivity contribution < 1.29 is 4.79 Å². The number of rotatable bonds is 3. The SMILES string of the molecule is Cc1cnn(CC2CCCN2C(=O)c2ccc[nH]2)c1. The van der Waals surface area contributed by atoms with E-state index in [1.807, 2.05) is 41.0 Å². The first-order valence-electron chi connectivity index (χ1n) is 6.67. The Bertz CT molecular complexity index is 558. The lowest BCUT2D eigenvalue weighted by atomic mass is 10.2. The quantitative estimate of drug-likeness (QED) is 0.913. The minimum absolute atomic E-state index is 0.0939. The molecule has 0 spiro atoms. The van der Waals surface area contributed by atoms with E-state index in [0.29, 0.717) is 5.69 Å². The number of amides is 1. The minimum Gasteiger partial charge on any atom is -0.357 e. The molecule has 0 radical (unpaired) electrons. The number of aromatic amines is 1. The second kappa shape index (κ2) is 4.91. The minimum atomic E-state index is 0.0939. The summed E-state index contributed by atoms with van der Waals surface area (Å²) in [5.74, 6) is 0.0939. The monoisotopic (exact) mass is 258 g/mol. The van der Waals surface area contributed by atoms with Gasteiger partial charge in [-0.15, -0.1) is 0 Å². The molecule has 1 unspecified atom stereocenters. The first-order chi connectivity index (χ1) is 9.24. The van der Waals surface area contributed by atoms with Gasteiger partial charge in [0.2, 0.25) is 0 Å². The Hall–Kier alpha value is -2.04. The maximum Gasteiger partial charge on any atom is 0.270 e. The Morgan fingerprint density at radius 2 is 2.47 bits per heavy atom. The molecule has 5 nitrogen and oxygen atoms in total. The largest absolute Gasteiger partial charge is 0.357 e. The summed E-state index contributed by atoms with van der Waals surface area (Å²) in [6.45, 7) is 3.64. The summed E-state index contributed by atoms with van der Waals surface area (Å²) in [5.41, 5.74) is 1.82. The molecule has 19 heavy (non-hydrogen) atoms. The number of carbonyl (C=O) groups is 1. The number of carbonyl (C=O) groups excluding carboxylic acids is 1. The number of hydrogen-bond acceptors (Lipinski definition) is 2. The molecule has 5 heteroatoms. The van der Waals surface area contributed by atoms with Crippen molar-refractivity contribution in [2.45, 2.75) is 32.4 Å². The van der Waals surface area contributed by atoms with Crippen LogP contribution in [0.2, 0.25) is 0 Å². The molecule has 1 fully saturated rings. The fourth-order valence-electron chi connectivity index (χ4n) is 2.69. The number of aromatic nitrogens is 3. The van der Waals surface area contributed by atoms with Crippen molar-refractivity contribution in [3.05, 3.63) is 42.0 Å². The van der Waals surface area contributed by atoms with Crippen LogP contribution in [0.15, 0.2) is 30.7 Å². The number of hydrogen-bond donors (Lipinski definition) is 1. The first kappa shape index (κ1) is 12.0. The lowest BCUT2D eigenvalue weighted by Gasteiger charge is -2.24. The highest BCUT2D eigenvalue weighted by Crippen LogP contribution is 2.21. The molecule has 0 aliphatic carbocycles. The van der Waals surface area contributed by atoms with Gasteiger partial charge in [0.15, 0.2) is 0 Å². The Labute approximate surface area is 112 Å². The van der Waals surface area contributed by atoms with E-state index >= 15 is 0 Å². The lowest BCUT2D eigenvalue weighted by molar-refractivity contribution is 0.0716. The molecule has 1 N–H and O–H groups in total. The Morgan fingerprint density at radius 1 is 1.58 bits per heavy atom. The van der Waals surface area contributed by atoms with Gasteiger partial charge < -0.3 is 9.88 Å². The second-order valence-electron chi connectivity index (χ2n) is 5.12. The Morgan fingerprint density at radius 3 is 3.16 bits per heavy atom. The molecule has 1 amide bonds. The van der Waals surface area contributed by atoms with E-state index in [4.69, 9.17) is 0 Å². The van der Waals surface area contributed by atoms with E-state index in [1.54, 1.807) is 6.20 Å². The fraction of sp³-hybridized carbons (Fsp3) is 0.429. The van der Waals surface area contributed by atoms with Crippen LogP contribution < -0.4 is 0 Å². The van der Waals surface area contributed by atoms with E-state index in [1.165, 1.54) is 0 Å². The van der Waals surface area contributed by atoms with Crippen molar-refractivity contribution in [3.63, 3.8) is 0 Å². The summed E-state index contributed by atoms with van der Waals surface area (Å²) in [6.07, 6.45) is 7.78. The van der Waals surface area contributed by atoms with E-state index in [9.17, 15) is 4.79 Å². The highest BCUT2D eigenvalue weighted by Gasteiger charge is 2.30. The van der Waals surface area contributed by atoms with Crippen molar-refractivity contribution in [2.75, 3.05) is 6.54 Å². The van der Waals surface area contributed by atoms with Crippen LogP contribution in [-0.2, 0) is 6.54 Å². The van der Waals surface area contributed by atoms with Crippen LogP contribution in [0.5, 0.6) is 0 Å². The van der Waals surface area contributed by atoms with Crippen LogP contribution in [-0.4, -0.2) is 38.2 Å². The zero-order valence-corrected chi connectivity index (χ0v) is 11.0. The Balaban J connectivity index is 1.73. The molecule has 2 aromatic rings. The molecule has 1 atom stereocenters. The number of nitrogens with one attached hydrogen (secondary N) is 1. The summed E-state index contributed by atoms with van der Waals surface area (Å²) in [4.78, 5) is 17.3. The van der Waals surface area contributed by atoms with Gasteiger partial charge in [0.1, 0.15) is 5.69 Å². The molecular weight excluding hydrogens is 240 g/mol. The van der Waals surface area contributed by atoms with Crippen LogP contribution in [0.4, 0.5) is 0 Å². The van der Waals surface area contributed by atoms with Crippen LogP contribution in [0, 0.1) is 6.92 Å². The zero-order chi connectivity index (χ0) is 13.2. The average Bonchev–Trinajstić information content (AvgIpc) is 3.10. The lowest BCUT2D eigenvalue weighted by Crippen LogP contribution is -2.38. The molecule has 0 saturated carbocycles. The zero-order valence-electron chi connectivity index (χ0n) is 11.0. The number of aryl methyl sites for hydroxylation is 1. The number of likely N-dealkylation sites (tertiary alicyclic amines) is 1. The Kier molecular flexibility index (Phi) is 3.11. The van der Waals surface area contributed by atoms with Gasteiger partial charge >= 0.3 is 0 Å². The highest BCUT2D eigenvalue weighted by molar-refractivity contribution is 5.92. The molecule has 3 rings (SSSR count). The molecule has 100 valence electrons. The molecule has 3 heterocycles. The second-order valence-corrected chi connectivity index (χ2v) is 5.12. The van der Waals surface area contributed by atoms with Crippen LogP contribution in [0.25, 0.3) is 0 Å². The van der Waals surface area contributed by atoms with Crippen molar-refractivity contribution in [1.82, 2.24) is 19.7 Å². The summed E-state index contributed by atoms with van der Waals surface area (Å²) in [7, 11) is 0. The van der Waals surface area contributed by atoms with Crippen molar-refractivity contribution in [2.24, 2.45) is 0 Å². The van der Waals surface area contributed by atoms with E-state index < -0.39 is 0 Å². The highest BCUT2D eigenvalue weighted by atomic mass is 16.2. The maximum absolute atomic E-state index is 12.4. The molecule has 1 aliphatic heterocycles. The van der Waals surface area contributed by atoms with Gasteiger partial charge in [0.25, 0.3) is 5.91 Å². The molecule has 1 aliphatic rings. The van der Waals surface area contributed by atoms with Crippen LogP contribution in [0.3, 0.4) is 0 Å². The predicted molar refractivity (Wildman–Crippen MR) is 71.8 cm³/mol. The summed E-state index contributed by atoms with van der Waals surface area (Å²) >= 11 is 0. The topological polar surface area (TPSA) is 53.9 Å². The standard InChI is InChI=1S/C14H18N4O/c1-11-8-16-17(9-11)10-12-4-3-7-18(12)14(19)13-5-2-6-15-13/h2,5-6,8-9,12,15H,3-4,7,10H2,1H3. The van der Waals surface area contributed by atoms with Crippen LogP contribution in [0.1, 0.15) is 28.9 Å². The third kappa shape index (κ3) is 2.41. The fourth-order valence-corrected chi connectivity index (χ4v) is 2.69. The van der Waals surface area contributed by atoms with Crippen LogP contribution >= 0.6 is 0 Å². The maximum atomic E-state index is 12.4. The summed E-state index contributed by atoms with van der Waals surface area (Å²) in [5, 5.41) is 4.31. The molecule has 0 aromatic carbocycles. The number of nitrogens with zero attached hydrogens (tertiary/aromatic N) is 3. The van der Waals surface area contributed by atoms with Gasteiger partial charge in [-0.05, 0) is 37.5 Å². The van der Waals surface area contributed by atoms with E-state index in [-0.39, 0.29) is 11.9 Å². The van der Waals surface area contributed by atoms with Crippen molar-refractivity contribution in [1.29, 1.82) is 0 Å². The molecule has 0 bridgehead atoms. The van der Waals surface area contributed by atoms with E-state index in [0.717, 1.165) is 31.5 Å². The molecule has 1 saturated heterocycles. The normalized spacial score (nSPS) is 19.0. The summed E-state index contributed by atoms with van der Waals surface area (Å²) < 4.78 is 1.93. The van der Waals surface area contributed by atoms with Gasteiger partial charge in [0, 0.05) is 18.9 Å². The van der Waals surface area contributed by atoms with Gasteiger partial charge in [-0.2, -0.15) is 5.10 Å².